The molecular weight excluding hydrogens is 270 g/mol. The maximum absolute atomic E-state index is 13.0. The third kappa shape index (κ3) is 8.54. The van der Waals surface area contributed by atoms with Gasteiger partial charge in [0.15, 0.2) is 0 Å². The first-order chi connectivity index (χ1) is 9.19. The van der Waals surface area contributed by atoms with Gasteiger partial charge in [-0.2, -0.15) is 9.49 Å². The van der Waals surface area contributed by atoms with Crippen molar-refractivity contribution in [1.82, 2.24) is 9.78 Å². The molecule has 0 spiro atoms. The smallest absolute Gasteiger partial charge is 0.212 e. The van der Waals surface area contributed by atoms with E-state index in [0.717, 1.165) is 5.88 Å². The monoisotopic (exact) mass is 290 g/mol. The average Bonchev–Trinajstić information content (AvgIpc) is 2.76. The van der Waals surface area contributed by atoms with E-state index in [1.807, 2.05) is 0 Å². The van der Waals surface area contributed by atoms with Gasteiger partial charge in [-0.25, -0.2) is 9.07 Å². The van der Waals surface area contributed by atoms with Crippen LogP contribution >= 0.6 is 11.6 Å². The summed E-state index contributed by atoms with van der Waals surface area (Å²) in [5.41, 5.74) is 0.508. The SMILES string of the molecule is C=CCn1nc(CC=CF)cc1F.CCCCCCl. The zero-order valence-corrected chi connectivity index (χ0v) is 12.0. The molecule has 2 nitrogen and oxygen atoms in total. The second-order valence-corrected chi connectivity index (χ2v) is 4.27. The molecule has 0 aliphatic heterocycles. The summed E-state index contributed by atoms with van der Waals surface area (Å²) in [6, 6.07) is 1.28. The molecule has 0 amide bonds. The molecule has 0 saturated carbocycles. The minimum atomic E-state index is -0.429. The van der Waals surface area contributed by atoms with E-state index in [-0.39, 0.29) is 0 Å². The summed E-state index contributed by atoms with van der Waals surface area (Å²) >= 11 is 5.38. The third-order valence-corrected chi connectivity index (χ3v) is 2.50. The van der Waals surface area contributed by atoms with Crippen molar-refractivity contribution in [2.24, 2.45) is 0 Å². The Morgan fingerprint density at radius 3 is 2.68 bits per heavy atom. The fourth-order valence-corrected chi connectivity index (χ4v) is 1.49. The second kappa shape index (κ2) is 11.9. The lowest BCUT2D eigenvalue weighted by molar-refractivity contribution is 0.484. The maximum atomic E-state index is 13.0. The van der Waals surface area contributed by atoms with Crippen LogP contribution in [0.5, 0.6) is 0 Å². The number of halogens is 3. The summed E-state index contributed by atoms with van der Waals surface area (Å²) in [5.74, 6) is 0.399. The normalized spacial score (nSPS) is 10.3. The van der Waals surface area contributed by atoms with Crippen molar-refractivity contribution in [3.8, 4) is 0 Å². The van der Waals surface area contributed by atoms with Gasteiger partial charge in [0.2, 0.25) is 5.95 Å². The van der Waals surface area contributed by atoms with Crippen molar-refractivity contribution in [3.63, 3.8) is 0 Å². The largest absolute Gasteiger partial charge is 0.235 e. The van der Waals surface area contributed by atoms with E-state index in [1.54, 1.807) is 6.08 Å². The number of alkyl halides is 1. The molecule has 0 radical (unpaired) electrons. The summed E-state index contributed by atoms with van der Waals surface area (Å²) in [4.78, 5) is 0. The molecule has 0 fully saturated rings. The Morgan fingerprint density at radius 2 is 2.21 bits per heavy atom. The molecule has 1 aromatic rings. The van der Waals surface area contributed by atoms with Gasteiger partial charge in [0.1, 0.15) is 0 Å². The quantitative estimate of drug-likeness (QED) is 0.406. The van der Waals surface area contributed by atoms with E-state index in [2.05, 4.69) is 18.6 Å². The highest BCUT2D eigenvalue weighted by Gasteiger charge is 2.03. The van der Waals surface area contributed by atoms with Crippen LogP contribution in [0.3, 0.4) is 0 Å². The molecule has 19 heavy (non-hydrogen) atoms. The maximum Gasteiger partial charge on any atom is 0.212 e. The number of rotatable bonds is 7. The topological polar surface area (TPSA) is 17.8 Å². The van der Waals surface area contributed by atoms with Crippen LogP contribution in [0.4, 0.5) is 8.78 Å². The highest BCUT2D eigenvalue weighted by Crippen LogP contribution is 2.04. The molecule has 1 heterocycles. The lowest BCUT2D eigenvalue weighted by atomic mass is 10.3. The molecule has 108 valence electrons. The first-order valence-corrected chi connectivity index (χ1v) is 6.87. The average molecular weight is 291 g/mol. The minimum absolute atomic E-state index is 0.303. The molecule has 1 rings (SSSR count). The molecule has 0 unspecified atom stereocenters. The highest BCUT2D eigenvalue weighted by molar-refractivity contribution is 6.17. The standard InChI is InChI=1S/C9H10F2N2.C5H11Cl/c1-2-6-13-9(11)7-8(12-13)4-3-5-10;1-2-3-4-5-6/h2-3,5,7H,1,4,6H2;2-5H2,1H3. The van der Waals surface area contributed by atoms with Crippen LogP contribution in [0, 0.1) is 5.95 Å². The van der Waals surface area contributed by atoms with Gasteiger partial charge in [0.05, 0.1) is 18.6 Å². The van der Waals surface area contributed by atoms with Crippen molar-refractivity contribution in [2.75, 3.05) is 5.88 Å². The third-order valence-electron chi connectivity index (χ3n) is 2.24. The van der Waals surface area contributed by atoms with Gasteiger partial charge in [0.25, 0.3) is 0 Å². The van der Waals surface area contributed by atoms with Crippen molar-refractivity contribution < 1.29 is 8.78 Å². The van der Waals surface area contributed by atoms with Gasteiger partial charge in [-0.05, 0) is 6.42 Å². The highest BCUT2D eigenvalue weighted by atomic mass is 35.5. The predicted molar refractivity (Wildman–Crippen MR) is 76.6 cm³/mol. The van der Waals surface area contributed by atoms with Gasteiger partial charge in [-0.15, -0.1) is 18.2 Å². The molecule has 5 heteroatoms. The van der Waals surface area contributed by atoms with Crippen molar-refractivity contribution in [1.29, 1.82) is 0 Å². The zero-order chi connectivity index (χ0) is 14.5. The Labute approximate surface area is 118 Å². The van der Waals surface area contributed by atoms with E-state index in [1.165, 1.54) is 36.1 Å². The van der Waals surface area contributed by atoms with Gasteiger partial charge in [-0.1, -0.05) is 31.9 Å². The molecule has 1 aromatic heterocycles. The molecule has 0 aromatic carbocycles. The Bertz CT molecular complexity index is 372. The number of nitrogens with zero attached hydrogens (tertiary/aromatic N) is 2. The van der Waals surface area contributed by atoms with Crippen LogP contribution in [-0.2, 0) is 13.0 Å². The van der Waals surface area contributed by atoms with Crippen LogP contribution in [0.2, 0.25) is 0 Å². The number of allylic oxidation sites excluding steroid dienone is 2. The summed E-state index contributed by atoms with van der Waals surface area (Å²) in [7, 11) is 0. The van der Waals surface area contributed by atoms with E-state index in [4.69, 9.17) is 11.6 Å². The Hall–Kier alpha value is -1.16. The molecule has 0 bridgehead atoms. The molecular formula is C14H21ClF2N2. The van der Waals surface area contributed by atoms with E-state index >= 15 is 0 Å². The fraction of sp³-hybridized carbons (Fsp3) is 0.500. The van der Waals surface area contributed by atoms with Crippen molar-refractivity contribution >= 4 is 11.6 Å². The first kappa shape index (κ1) is 17.8. The Kier molecular flexibility index (Phi) is 11.2. The minimum Gasteiger partial charge on any atom is -0.235 e. The Morgan fingerprint density at radius 1 is 1.47 bits per heavy atom. The molecule has 0 aliphatic carbocycles. The van der Waals surface area contributed by atoms with Crippen molar-refractivity contribution in [3.05, 3.63) is 42.8 Å². The molecule has 0 saturated heterocycles. The molecule has 0 atom stereocenters. The van der Waals surface area contributed by atoms with Crippen LogP contribution in [0.25, 0.3) is 0 Å². The van der Waals surface area contributed by atoms with Gasteiger partial charge in [-0.3, -0.25) is 0 Å². The summed E-state index contributed by atoms with van der Waals surface area (Å²) in [6.07, 6.45) is 7.28. The summed E-state index contributed by atoms with van der Waals surface area (Å²) in [5, 5.41) is 3.89. The van der Waals surface area contributed by atoms with Crippen LogP contribution in [-0.4, -0.2) is 15.7 Å². The van der Waals surface area contributed by atoms with Gasteiger partial charge in [0, 0.05) is 18.4 Å². The van der Waals surface area contributed by atoms with Gasteiger partial charge >= 0.3 is 0 Å². The summed E-state index contributed by atoms with van der Waals surface area (Å²) < 4.78 is 25.7. The van der Waals surface area contributed by atoms with E-state index in [9.17, 15) is 8.78 Å². The van der Waals surface area contributed by atoms with Crippen molar-refractivity contribution in [2.45, 2.75) is 39.2 Å². The first-order valence-electron chi connectivity index (χ1n) is 6.33. The lowest BCUT2D eigenvalue weighted by Gasteiger charge is -1.94. The van der Waals surface area contributed by atoms with E-state index in [0.29, 0.717) is 25.0 Å². The van der Waals surface area contributed by atoms with Crippen LogP contribution in [0.15, 0.2) is 31.1 Å². The van der Waals surface area contributed by atoms with Crippen LogP contribution in [0.1, 0.15) is 31.9 Å². The number of aromatic nitrogens is 2. The number of hydrogen-bond donors (Lipinski definition) is 0. The molecule has 0 aliphatic rings. The number of unbranched alkanes of at least 4 members (excludes halogenated alkanes) is 2. The van der Waals surface area contributed by atoms with Crippen LogP contribution < -0.4 is 0 Å². The fourth-order valence-electron chi connectivity index (χ4n) is 1.30. The second-order valence-electron chi connectivity index (χ2n) is 3.89. The van der Waals surface area contributed by atoms with E-state index < -0.39 is 5.95 Å². The Balaban J connectivity index is 0.000000459. The lowest BCUT2D eigenvalue weighted by Crippen LogP contribution is -2.00. The predicted octanol–water partition coefficient (Wildman–Crippen LogP) is 4.65. The number of hydrogen-bond acceptors (Lipinski definition) is 1. The zero-order valence-electron chi connectivity index (χ0n) is 11.3. The van der Waals surface area contributed by atoms with Gasteiger partial charge < -0.3 is 0 Å². The molecule has 0 N–H and O–H groups in total. The summed E-state index contributed by atoms with van der Waals surface area (Å²) in [6.45, 7) is 5.96.